The quantitative estimate of drug-likeness (QED) is 0.227. The summed E-state index contributed by atoms with van der Waals surface area (Å²) >= 11 is 0. The van der Waals surface area contributed by atoms with Crippen LogP contribution in [-0.4, -0.2) is 11.1 Å². The lowest BCUT2D eigenvalue weighted by molar-refractivity contribution is -0.137. The molecule has 0 aliphatic carbocycles. The van der Waals surface area contributed by atoms with Crippen molar-refractivity contribution < 1.29 is 9.90 Å². The second kappa shape index (κ2) is 16.4. The lowest BCUT2D eigenvalue weighted by Gasteiger charge is -2.40. The molecule has 1 N–H and O–H groups in total. The van der Waals surface area contributed by atoms with E-state index in [4.69, 9.17) is 5.11 Å². The summed E-state index contributed by atoms with van der Waals surface area (Å²) in [5.74, 6) is 0.729. The minimum absolute atomic E-state index is 0.313. The van der Waals surface area contributed by atoms with Gasteiger partial charge in [0.15, 0.2) is 0 Å². The highest BCUT2D eigenvalue weighted by Gasteiger charge is 2.33. The lowest BCUT2D eigenvalue weighted by Crippen LogP contribution is -2.31. The molecule has 0 bridgehead atoms. The standard InChI is InChI=1S/C25H50O2/c1-6-8-10-11-12-13-14-15-16-19-23(20-17-21-24(26)27)25(4,5)22(3)18-9-7-2/h22-23H,6-21H2,1-5H3,(H,26,27). The van der Waals surface area contributed by atoms with Crippen LogP contribution in [0.1, 0.15) is 137 Å². The van der Waals surface area contributed by atoms with E-state index in [-0.39, 0.29) is 0 Å². The topological polar surface area (TPSA) is 37.3 Å². The van der Waals surface area contributed by atoms with Gasteiger partial charge in [0.25, 0.3) is 0 Å². The number of hydrogen-bond donors (Lipinski definition) is 1. The summed E-state index contributed by atoms with van der Waals surface area (Å²) in [5, 5.41) is 9.01. The third kappa shape index (κ3) is 13.3. The van der Waals surface area contributed by atoms with E-state index in [0.717, 1.165) is 12.8 Å². The third-order valence-electron chi connectivity index (χ3n) is 6.91. The fourth-order valence-electron chi connectivity index (χ4n) is 4.37. The molecule has 2 heteroatoms. The van der Waals surface area contributed by atoms with Crippen LogP contribution in [0, 0.1) is 17.3 Å². The van der Waals surface area contributed by atoms with E-state index in [0.29, 0.717) is 23.7 Å². The van der Waals surface area contributed by atoms with E-state index in [1.54, 1.807) is 0 Å². The molecule has 0 saturated carbocycles. The Balaban J connectivity index is 4.31. The molecule has 0 aromatic rings. The SMILES string of the molecule is CCCCCCCCCCCC(CCCC(=O)O)C(C)(C)C(C)CCCC. The molecular weight excluding hydrogens is 332 g/mol. The Kier molecular flexibility index (Phi) is 16.1. The van der Waals surface area contributed by atoms with E-state index < -0.39 is 5.97 Å². The van der Waals surface area contributed by atoms with Gasteiger partial charge in [-0.05, 0) is 36.5 Å². The molecule has 0 aromatic carbocycles. The van der Waals surface area contributed by atoms with Gasteiger partial charge in [0.2, 0.25) is 0 Å². The minimum atomic E-state index is -0.645. The zero-order valence-corrected chi connectivity index (χ0v) is 19.3. The highest BCUT2D eigenvalue weighted by atomic mass is 16.4. The molecule has 0 spiro atoms. The number of rotatable bonds is 19. The van der Waals surface area contributed by atoms with E-state index in [1.807, 2.05) is 0 Å². The summed E-state index contributed by atoms with van der Waals surface area (Å²) < 4.78 is 0. The lowest BCUT2D eigenvalue weighted by atomic mass is 9.65. The number of aliphatic carboxylic acids is 1. The summed E-state index contributed by atoms with van der Waals surface area (Å²) in [6, 6.07) is 0. The molecule has 0 aromatic heterocycles. The first-order chi connectivity index (χ1) is 12.9. The van der Waals surface area contributed by atoms with Gasteiger partial charge in [-0.3, -0.25) is 4.79 Å². The molecule has 2 nitrogen and oxygen atoms in total. The minimum Gasteiger partial charge on any atom is -0.481 e. The van der Waals surface area contributed by atoms with Crippen LogP contribution in [0.15, 0.2) is 0 Å². The first kappa shape index (κ1) is 26.5. The molecule has 0 aliphatic heterocycles. The molecule has 2 atom stereocenters. The van der Waals surface area contributed by atoms with Gasteiger partial charge >= 0.3 is 5.97 Å². The van der Waals surface area contributed by atoms with Gasteiger partial charge in [-0.1, -0.05) is 112 Å². The largest absolute Gasteiger partial charge is 0.481 e. The van der Waals surface area contributed by atoms with Gasteiger partial charge < -0.3 is 5.11 Å². The third-order valence-corrected chi connectivity index (χ3v) is 6.91. The smallest absolute Gasteiger partial charge is 0.303 e. The zero-order valence-electron chi connectivity index (χ0n) is 19.3. The normalized spacial score (nSPS) is 14.3. The fourth-order valence-corrected chi connectivity index (χ4v) is 4.37. The first-order valence-corrected chi connectivity index (χ1v) is 12.1. The van der Waals surface area contributed by atoms with E-state index in [2.05, 4.69) is 34.6 Å². The summed E-state index contributed by atoms with van der Waals surface area (Å²) in [6.45, 7) is 11.8. The summed E-state index contributed by atoms with van der Waals surface area (Å²) in [6.07, 6.45) is 19.8. The van der Waals surface area contributed by atoms with Crippen LogP contribution in [0.5, 0.6) is 0 Å². The van der Waals surface area contributed by atoms with Gasteiger partial charge in [0, 0.05) is 6.42 Å². The van der Waals surface area contributed by atoms with Gasteiger partial charge in [-0.2, -0.15) is 0 Å². The predicted molar refractivity (Wildman–Crippen MR) is 119 cm³/mol. The maximum Gasteiger partial charge on any atom is 0.303 e. The van der Waals surface area contributed by atoms with Gasteiger partial charge in [0.1, 0.15) is 0 Å². The number of carbonyl (C=O) groups is 1. The van der Waals surface area contributed by atoms with Crippen LogP contribution >= 0.6 is 0 Å². The van der Waals surface area contributed by atoms with Crippen molar-refractivity contribution in [2.45, 2.75) is 137 Å². The summed E-state index contributed by atoms with van der Waals surface area (Å²) in [5.41, 5.74) is 0.313. The van der Waals surface area contributed by atoms with Gasteiger partial charge in [-0.25, -0.2) is 0 Å². The Hall–Kier alpha value is -0.530. The van der Waals surface area contributed by atoms with Crippen LogP contribution in [0.25, 0.3) is 0 Å². The molecular formula is C25H50O2. The Morgan fingerprint density at radius 2 is 1.22 bits per heavy atom. The van der Waals surface area contributed by atoms with Crippen molar-refractivity contribution in [1.82, 2.24) is 0 Å². The molecule has 2 unspecified atom stereocenters. The molecule has 0 radical (unpaired) electrons. The average Bonchev–Trinajstić information content (AvgIpc) is 2.62. The highest BCUT2D eigenvalue weighted by molar-refractivity contribution is 5.66. The highest BCUT2D eigenvalue weighted by Crippen LogP contribution is 2.43. The van der Waals surface area contributed by atoms with E-state index in [9.17, 15) is 4.79 Å². The molecule has 0 amide bonds. The van der Waals surface area contributed by atoms with Crippen molar-refractivity contribution in [3.8, 4) is 0 Å². The summed E-state index contributed by atoms with van der Waals surface area (Å²) in [7, 11) is 0. The number of carboxylic acids is 1. The average molecular weight is 383 g/mol. The second-order valence-corrected chi connectivity index (χ2v) is 9.46. The van der Waals surface area contributed by atoms with Crippen LogP contribution in [0.2, 0.25) is 0 Å². The Bertz CT molecular complexity index is 348. The second-order valence-electron chi connectivity index (χ2n) is 9.46. The van der Waals surface area contributed by atoms with Crippen molar-refractivity contribution >= 4 is 5.97 Å². The van der Waals surface area contributed by atoms with E-state index in [1.165, 1.54) is 83.5 Å². The van der Waals surface area contributed by atoms with Crippen molar-refractivity contribution in [3.63, 3.8) is 0 Å². The maximum atomic E-state index is 10.9. The van der Waals surface area contributed by atoms with Crippen LogP contribution in [0.3, 0.4) is 0 Å². The molecule has 0 aliphatic rings. The van der Waals surface area contributed by atoms with Crippen LogP contribution in [-0.2, 0) is 4.79 Å². The monoisotopic (exact) mass is 382 g/mol. The predicted octanol–water partition coefficient (Wildman–Crippen LogP) is 8.63. The molecule has 162 valence electrons. The Morgan fingerprint density at radius 1 is 0.741 bits per heavy atom. The van der Waals surface area contributed by atoms with E-state index >= 15 is 0 Å². The van der Waals surface area contributed by atoms with Crippen molar-refractivity contribution in [2.24, 2.45) is 17.3 Å². The molecule has 0 rings (SSSR count). The first-order valence-electron chi connectivity index (χ1n) is 12.1. The molecule has 0 fully saturated rings. The zero-order chi connectivity index (χ0) is 20.5. The molecule has 27 heavy (non-hydrogen) atoms. The van der Waals surface area contributed by atoms with Crippen molar-refractivity contribution in [1.29, 1.82) is 0 Å². The van der Waals surface area contributed by atoms with Crippen LogP contribution in [0.4, 0.5) is 0 Å². The number of unbranched alkanes of at least 4 members (excludes halogenated alkanes) is 9. The number of carboxylic acid groups (broad SMARTS) is 1. The Morgan fingerprint density at radius 3 is 1.74 bits per heavy atom. The van der Waals surface area contributed by atoms with Crippen molar-refractivity contribution in [2.75, 3.05) is 0 Å². The Labute approximate surface area is 170 Å². The molecule has 0 saturated heterocycles. The summed E-state index contributed by atoms with van der Waals surface area (Å²) in [4.78, 5) is 10.9. The maximum absolute atomic E-state index is 10.9. The van der Waals surface area contributed by atoms with Gasteiger partial charge in [-0.15, -0.1) is 0 Å². The molecule has 0 heterocycles. The van der Waals surface area contributed by atoms with Crippen LogP contribution < -0.4 is 0 Å². The fraction of sp³-hybridized carbons (Fsp3) is 0.960. The number of hydrogen-bond acceptors (Lipinski definition) is 1. The van der Waals surface area contributed by atoms with Crippen molar-refractivity contribution in [3.05, 3.63) is 0 Å². The van der Waals surface area contributed by atoms with Gasteiger partial charge in [0.05, 0.1) is 0 Å².